The Morgan fingerprint density at radius 3 is 1.18 bits per heavy atom. The van der Waals surface area contributed by atoms with Crippen molar-refractivity contribution in [1.29, 1.82) is 0 Å². The van der Waals surface area contributed by atoms with Crippen LogP contribution >= 0.6 is 0 Å². The Labute approximate surface area is 144 Å². The van der Waals surface area contributed by atoms with Crippen molar-refractivity contribution in [1.82, 2.24) is 0 Å². The zero-order chi connectivity index (χ0) is 17.8. The molecule has 1 fully saturated rings. The van der Waals surface area contributed by atoms with E-state index in [2.05, 4.69) is 62.3 Å². The highest BCUT2D eigenvalue weighted by Crippen LogP contribution is 2.26. The highest BCUT2D eigenvalue weighted by atomic mass is 14.2. The van der Waals surface area contributed by atoms with E-state index in [0.29, 0.717) is 0 Å². The van der Waals surface area contributed by atoms with Gasteiger partial charge in [-0.2, -0.15) is 0 Å². The van der Waals surface area contributed by atoms with Crippen molar-refractivity contribution >= 4 is 0 Å². The molecule has 1 aliphatic carbocycles. The molecule has 0 atom stereocenters. The summed E-state index contributed by atoms with van der Waals surface area (Å²) in [6, 6.07) is 0. The van der Waals surface area contributed by atoms with Crippen molar-refractivity contribution in [2.45, 2.75) is 127 Å². The summed E-state index contributed by atoms with van der Waals surface area (Å²) >= 11 is 0. The molecular formula is C22H50. The molecule has 1 rings (SSSR count). The normalized spacial score (nSPS) is 13.8. The second kappa shape index (κ2) is 23.3. The van der Waals surface area contributed by atoms with Gasteiger partial charge in [0, 0.05) is 0 Å². The SMILES string of the molecule is CCC(C)C.CCC1CCCC1.CCCC.CCCC(C)C. The molecule has 0 unspecified atom stereocenters. The maximum Gasteiger partial charge on any atom is -0.0417 e. The van der Waals surface area contributed by atoms with Crippen LogP contribution in [0.2, 0.25) is 0 Å². The lowest BCUT2D eigenvalue weighted by molar-refractivity contribution is 0.531. The number of unbranched alkanes of at least 4 members (excludes halogenated alkanes) is 1. The van der Waals surface area contributed by atoms with Crippen molar-refractivity contribution < 1.29 is 0 Å². The Morgan fingerprint density at radius 1 is 0.682 bits per heavy atom. The summed E-state index contributed by atoms with van der Waals surface area (Å²) in [7, 11) is 0. The molecule has 0 N–H and O–H groups in total. The Bertz CT molecular complexity index is 149. The smallest absolute Gasteiger partial charge is 0.0417 e. The number of hydrogen-bond donors (Lipinski definition) is 0. The summed E-state index contributed by atoms with van der Waals surface area (Å²) in [5, 5.41) is 0. The molecule has 0 spiro atoms. The highest BCUT2D eigenvalue weighted by molar-refractivity contribution is 4.64. The summed E-state index contributed by atoms with van der Waals surface area (Å²) in [5.74, 6) is 2.88. The topological polar surface area (TPSA) is 0 Å². The van der Waals surface area contributed by atoms with Crippen LogP contribution in [-0.2, 0) is 0 Å². The molecule has 0 aromatic carbocycles. The molecule has 138 valence electrons. The van der Waals surface area contributed by atoms with Gasteiger partial charge in [-0.1, -0.05) is 127 Å². The first kappa shape index (κ1) is 26.9. The summed E-state index contributed by atoms with van der Waals surface area (Å²) in [6.07, 6.45) is 14.1. The van der Waals surface area contributed by atoms with Crippen molar-refractivity contribution in [3.63, 3.8) is 0 Å². The lowest BCUT2D eigenvalue weighted by Gasteiger charge is -1.99. The van der Waals surface area contributed by atoms with E-state index in [9.17, 15) is 0 Å². The van der Waals surface area contributed by atoms with E-state index in [0.717, 1.165) is 17.8 Å². The average molecular weight is 315 g/mol. The largest absolute Gasteiger partial charge is 0.0654 e. The molecule has 0 aliphatic heterocycles. The van der Waals surface area contributed by atoms with Gasteiger partial charge in [0.2, 0.25) is 0 Å². The van der Waals surface area contributed by atoms with E-state index < -0.39 is 0 Å². The van der Waals surface area contributed by atoms with Crippen LogP contribution in [0.25, 0.3) is 0 Å². The first-order valence-electron chi connectivity index (χ1n) is 10.4. The van der Waals surface area contributed by atoms with Gasteiger partial charge in [-0.05, 0) is 17.8 Å². The molecule has 0 heterocycles. The van der Waals surface area contributed by atoms with E-state index in [1.807, 2.05) is 0 Å². The van der Waals surface area contributed by atoms with E-state index >= 15 is 0 Å². The van der Waals surface area contributed by atoms with E-state index in [4.69, 9.17) is 0 Å². The molecule has 0 nitrogen and oxygen atoms in total. The van der Waals surface area contributed by atoms with Crippen LogP contribution in [0.1, 0.15) is 127 Å². The molecular weight excluding hydrogens is 264 g/mol. The maximum atomic E-state index is 2.30. The van der Waals surface area contributed by atoms with Gasteiger partial charge in [0.25, 0.3) is 0 Å². The van der Waals surface area contributed by atoms with E-state index in [-0.39, 0.29) is 0 Å². The van der Waals surface area contributed by atoms with Gasteiger partial charge >= 0.3 is 0 Å². The minimum atomic E-state index is 0.884. The van der Waals surface area contributed by atoms with Crippen LogP contribution in [0.15, 0.2) is 0 Å². The van der Waals surface area contributed by atoms with Crippen LogP contribution in [0.4, 0.5) is 0 Å². The van der Waals surface area contributed by atoms with Crippen molar-refractivity contribution in [2.24, 2.45) is 17.8 Å². The van der Waals surface area contributed by atoms with Crippen molar-refractivity contribution in [3.05, 3.63) is 0 Å². The standard InChI is InChI=1S/C7H14.C6H14.C5H12.C4H10/c1-2-7-5-3-4-6-7;1-4-5-6(2)3;1-4-5(2)3;1-3-4-2/h7H,2-6H2,1H3;6H,4-5H2,1-3H3;5H,4H2,1-3H3;3-4H2,1-2H3. The third-order valence-electron chi connectivity index (χ3n) is 4.23. The first-order valence-corrected chi connectivity index (χ1v) is 10.4. The quantitative estimate of drug-likeness (QED) is 0.475. The predicted octanol–water partition coefficient (Wildman–Crippen LogP) is 8.89. The molecule has 1 saturated carbocycles. The lowest BCUT2D eigenvalue weighted by Crippen LogP contribution is -1.86. The minimum Gasteiger partial charge on any atom is -0.0654 e. The highest BCUT2D eigenvalue weighted by Gasteiger charge is 2.11. The fraction of sp³-hybridized carbons (Fsp3) is 1.00. The van der Waals surface area contributed by atoms with Gasteiger partial charge in [0.1, 0.15) is 0 Å². The zero-order valence-electron chi connectivity index (χ0n) is 17.8. The third-order valence-corrected chi connectivity index (χ3v) is 4.23. The number of rotatable bonds is 5. The van der Waals surface area contributed by atoms with Crippen molar-refractivity contribution in [2.75, 3.05) is 0 Å². The Hall–Kier alpha value is 0. The molecule has 0 bridgehead atoms. The van der Waals surface area contributed by atoms with Crippen LogP contribution < -0.4 is 0 Å². The maximum absolute atomic E-state index is 2.30. The Balaban J connectivity index is -0.000000224. The zero-order valence-corrected chi connectivity index (χ0v) is 17.8. The molecule has 0 aromatic heterocycles. The fourth-order valence-electron chi connectivity index (χ4n) is 2.00. The summed E-state index contributed by atoms with van der Waals surface area (Å²) in [4.78, 5) is 0. The molecule has 0 aromatic rings. The van der Waals surface area contributed by atoms with Gasteiger partial charge in [0.15, 0.2) is 0 Å². The van der Waals surface area contributed by atoms with E-state index in [1.165, 1.54) is 64.2 Å². The van der Waals surface area contributed by atoms with Crippen molar-refractivity contribution in [3.8, 4) is 0 Å². The number of hydrogen-bond acceptors (Lipinski definition) is 0. The van der Waals surface area contributed by atoms with Gasteiger partial charge in [0.05, 0.1) is 0 Å². The summed E-state index contributed by atoms with van der Waals surface area (Å²) in [5.41, 5.74) is 0. The summed E-state index contributed by atoms with van der Waals surface area (Å²) < 4.78 is 0. The third kappa shape index (κ3) is 32.1. The van der Waals surface area contributed by atoms with Crippen LogP contribution in [0, 0.1) is 17.8 Å². The monoisotopic (exact) mass is 314 g/mol. The van der Waals surface area contributed by atoms with Crippen LogP contribution in [0.3, 0.4) is 0 Å². The van der Waals surface area contributed by atoms with Gasteiger partial charge in [-0.15, -0.1) is 0 Å². The molecule has 0 saturated heterocycles. The molecule has 0 amide bonds. The second-order valence-corrected chi connectivity index (χ2v) is 7.54. The molecule has 22 heavy (non-hydrogen) atoms. The Morgan fingerprint density at radius 2 is 1.09 bits per heavy atom. The van der Waals surface area contributed by atoms with Crippen LogP contribution in [-0.4, -0.2) is 0 Å². The minimum absolute atomic E-state index is 0.884. The van der Waals surface area contributed by atoms with Crippen LogP contribution in [0.5, 0.6) is 0 Å². The summed E-state index contributed by atoms with van der Waals surface area (Å²) in [6.45, 7) is 20.0. The molecule has 0 heteroatoms. The molecule has 0 radical (unpaired) electrons. The Kier molecular flexibility index (Phi) is 28.4. The second-order valence-electron chi connectivity index (χ2n) is 7.54. The fourth-order valence-corrected chi connectivity index (χ4v) is 2.00. The van der Waals surface area contributed by atoms with Gasteiger partial charge < -0.3 is 0 Å². The first-order chi connectivity index (χ1) is 10.4. The van der Waals surface area contributed by atoms with Gasteiger partial charge in [-0.3, -0.25) is 0 Å². The average Bonchev–Trinajstić information content (AvgIpc) is 3.02. The van der Waals surface area contributed by atoms with Gasteiger partial charge in [-0.25, -0.2) is 0 Å². The predicted molar refractivity (Wildman–Crippen MR) is 108 cm³/mol. The molecule has 1 aliphatic rings. The lowest BCUT2D eigenvalue weighted by atomic mass is 10.1. The van der Waals surface area contributed by atoms with E-state index in [1.54, 1.807) is 0 Å².